The molecule has 0 radical (unpaired) electrons. The maximum absolute atomic E-state index is 13.1. The smallest absolute Gasteiger partial charge is 0.267 e. The highest BCUT2D eigenvalue weighted by atomic mass is 79.9. The first-order chi connectivity index (χ1) is 14.1. The van der Waals surface area contributed by atoms with Crippen LogP contribution >= 0.6 is 15.9 Å². The van der Waals surface area contributed by atoms with Crippen molar-refractivity contribution in [1.82, 2.24) is 14.5 Å². The van der Waals surface area contributed by atoms with Crippen LogP contribution in [0.25, 0.3) is 16.6 Å². The second-order valence-electron chi connectivity index (χ2n) is 7.53. The van der Waals surface area contributed by atoms with Crippen LogP contribution in [0.3, 0.4) is 0 Å². The van der Waals surface area contributed by atoms with Crippen molar-refractivity contribution in [2.45, 2.75) is 32.6 Å². The molecular formula is C23H26BrN3O2. The summed E-state index contributed by atoms with van der Waals surface area (Å²) in [7, 11) is 0. The van der Waals surface area contributed by atoms with Gasteiger partial charge in [0.15, 0.2) is 0 Å². The Morgan fingerprint density at radius 3 is 2.59 bits per heavy atom. The number of benzene rings is 2. The third kappa shape index (κ3) is 4.54. The van der Waals surface area contributed by atoms with Gasteiger partial charge in [-0.05, 0) is 91.6 Å². The summed E-state index contributed by atoms with van der Waals surface area (Å²) in [5.74, 6) is 1.49. The molecule has 0 atom stereocenters. The molecule has 0 saturated carbocycles. The van der Waals surface area contributed by atoms with Gasteiger partial charge in [0.2, 0.25) is 0 Å². The van der Waals surface area contributed by atoms with Gasteiger partial charge in [0, 0.05) is 11.0 Å². The Hall–Kier alpha value is -2.18. The first-order valence-corrected chi connectivity index (χ1v) is 11.1. The third-order valence-electron chi connectivity index (χ3n) is 5.45. The zero-order valence-corrected chi connectivity index (χ0v) is 18.3. The van der Waals surface area contributed by atoms with Crippen molar-refractivity contribution in [3.8, 4) is 11.4 Å². The third-order valence-corrected chi connectivity index (χ3v) is 6.11. The number of hydrogen-bond acceptors (Lipinski definition) is 4. The summed E-state index contributed by atoms with van der Waals surface area (Å²) in [5, 5.41) is 0.594. The van der Waals surface area contributed by atoms with Gasteiger partial charge in [0.05, 0.1) is 23.2 Å². The normalized spacial score (nSPS) is 15.0. The van der Waals surface area contributed by atoms with Crippen molar-refractivity contribution in [3.05, 3.63) is 63.1 Å². The summed E-state index contributed by atoms with van der Waals surface area (Å²) in [5.41, 5.74) is 1.42. The Morgan fingerprint density at radius 2 is 1.83 bits per heavy atom. The Bertz CT molecular complexity index is 1040. The summed E-state index contributed by atoms with van der Waals surface area (Å²) in [4.78, 5) is 20.2. The van der Waals surface area contributed by atoms with Crippen LogP contribution < -0.4 is 10.3 Å². The molecule has 1 saturated heterocycles. The molecule has 5 nitrogen and oxygen atoms in total. The molecule has 1 aliphatic rings. The number of hydrogen-bond donors (Lipinski definition) is 0. The molecule has 0 N–H and O–H groups in total. The van der Waals surface area contributed by atoms with E-state index in [-0.39, 0.29) is 5.56 Å². The molecule has 0 aliphatic carbocycles. The van der Waals surface area contributed by atoms with Crippen LogP contribution in [0.1, 0.15) is 31.5 Å². The van der Waals surface area contributed by atoms with Crippen LogP contribution in [-0.2, 0) is 0 Å². The number of likely N-dealkylation sites (tertiary alicyclic amines) is 1. The fourth-order valence-corrected chi connectivity index (χ4v) is 4.48. The van der Waals surface area contributed by atoms with E-state index in [1.165, 1.54) is 32.4 Å². The summed E-state index contributed by atoms with van der Waals surface area (Å²) in [6.07, 6.45) is 5.04. The van der Waals surface area contributed by atoms with Gasteiger partial charge in [-0.3, -0.25) is 9.36 Å². The molecule has 1 aliphatic heterocycles. The lowest BCUT2D eigenvalue weighted by molar-refractivity contribution is 0.205. The molecule has 0 amide bonds. The number of ether oxygens (including phenoxy) is 1. The van der Waals surface area contributed by atoms with E-state index in [0.29, 0.717) is 23.3 Å². The van der Waals surface area contributed by atoms with Crippen LogP contribution in [-0.4, -0.2) is 40.7 Å². The Kier molecular flexibility index (Phi) is 6.31. The molecular weight excluding hydrogens is 430 g/mol. The van der Waals surface area contributed by atoms with Gasteiger partial charge in [-0.1, -0.05) is 12.5 Å². The van der Waals surface area contributed by atoms with Crippen LogP contribution in [0.4, 0.5) is 0 Å². The molecule has 152 valence electrons. The van der Waals surface area contributed by atoms with Crippen LogP contribution in [0.5, 0.6) is 5.75 Å². The lowest BCUT2D eigenvalue weighted by Gasteiger charge is -2.26. The zero-order chi connectivity index (χ0) is 20.2. The highest BCUT2D eigenvalue weighted by Gasteiger charge is 2.12. The largest absolute Gasteiger partial charge is 0.494 e. The first kappa shape index (κ1) is 20.1. The van der Waals surface area contributed by atoms with E-state index in [1.807, 2.05) is 49.4 Å². The minimum atomic E-state index is -0.0739. The monoisotopic (exact) mass is 455 g/mol. The topological polar surface area (TPSA) is 47.4 Å². The van der Waals surface area contributed by atoms with Crippen molar-refractivity contribution in [2.24, 2.45) is 0 Å². The second-order valence-corrected chi connectivity index (χ2v) is 8.39. The van der Waals surface area contributed by atoms with Crippen LogP contribution in [0.2, 0.25) is 0 Å². The quantitative estimate of drug-likeness (QED) is 0.504. The van der Waals surface area contributed by atoms with Crippen molar-refractivity contribution in [3.63, 3.8) is 0 Å². The first-order valence-electron chi connectivity index (χ1n) is 10.3. The fraction of sp³-hybridized carbons (Fsp3) is 0.391. The van der Waals surface area contributed by atoms with E-state index in [0.717, 1.165) is 28.9 Å². The summed E-state index contributed by atoms with van der Waals surface area (Å²) >= 11 is 3.48. The van der Waals surface area contributed by atoms with Gasteiger partial charge in [-0.2, -0.15) is 0 Å². The van der Waals surface area contributed by atoms with Gasteiger partial charge in [-0.15, -0.1) is 0 Å². The molecule has 2 heterocycles. The van der Waals surface area contributed by atoms with Crippen molar-refractivity contribution in [2.75, 3.05) is 26.2 Å². The van der Waals surface area contributed by atoms with Crippen molar-refractivity contribution >= 4 is 26.8 Å². The van der Waals surface area contributed by atoms with E-state index in [4.69, 9.17) is 4.74 Å². The molecule has 2 aromatic carbocycles. The molecule has 6 heteroatoms. The lowest BCUT2D eigenvalue weighted by Crippen LogP contribution is -2.31. The number of aromatic nitrogens is 2. The molecule has 4 rings (SSSR count). The molecule has 1 aromatic heterocycles. The Morgan fingerprint density at radius 1 is 1.07 bits per heavy atom. The van der Waals surface area contributed by atoms with E-state index in [9.17, 15) is 4.79 Å². The number of halogens is 1. The van der Waals surface area contributed by atoms with E-state index in [1.54, 1.807) is 4.57 Å². The Labute approximate surface area is 179 Å². The summed E-state index contributed by atoms with van der Waals surface area (Å²) in [6, 6.07) is 13.3. The standard InChI is InChI=1S/C23H26BrN3O2/c1-17-25-21-8-5-7-20(24)22(21)23(28)27(17)18-9-11-19(12-10-18)29-16-6-15-26-13-3-2-4-14-26/h5,7-12H,2-4,6,13-16H2,1H3. The number of rotatable bonds is 6. The number of nitrogens with zero attached hydrogens (tertiary/aromatic N) is 3. The molecule has 3 aromatic rings. The minimum Gasteiger partial charge on any atom is -0.494 e. The van der Waals surface area contributed by atoms with Gasteiger partial charge in [-0.25, -0.2) is 4.98 Å². The average molecular weight is 456 g/mol. The highest BCUT2D eigenvalue weighted by molar-refractivity contribution is 9.10. The van der Waals surface area contributed by atoms with Gasteiger partial charge < -0.3 is 9.64 Å². The van der Waals surface area contributed by atoms with Gasteiger partial charge in [0.25, 0.3) is 5.56 Å². The number of fused-ring (bicyclic) bond motifs is 1. The van der Waals surface area contributed by atoms with Gasteiger partial charge >= 0.3 is 0 Å². The predicted molar refractivity (Wildman–Crippen MR) is 120 cm³/mol. The molecule has 0 unspecified atom stereocenters. The highest BCUT2D eigenvalue weighted by Crippen LogP contribution is 2.21. The predicted octanol–water partition coefficient (Wildman–Crippen LogP) is 4.71. The SMILES string of the molecule is Cc1nc2cccc(Br)c2c(=O)n1-c1ccc(OCCCN2CCCCC2)cc1. The van der Waals surface area contributed by atoms with Crippen LogP contribution in [0.15, 0.2) is 51.7 Å². The van der Waals surface area contributed by atoms with E-state index in [2.05, 4.69) is 25.8 Å². The number of aryl methyl sites for hydroxylation is 1. The Balaban J connectivity index is 1.45. The van der Waals surface area contributed by atoms with Crippen molar-refractivity contribution < 1.29 is 4.74 Å². The second kappa shape index (κ2) is 9.09. The van der Waals surface area contributed by atoms with E-state index < -0.39 is 0 Å². The average Bonchev–Trinajstić information content (AvgIpc) is 2.73. The van der Waals surface area contributed by atoms with Crippen molar-refractivity contribution in [1.29, 1.82) is 0 Å². The lowest BCUT2D eigenvalue weighted by atomic mass is 10.1. The molecule has 1 fully saturated rings. The maximum Gasteiger partial charge on any atom is 0.267 e. The van der Waals surface area contributed by atoms with Crippen LogP contribution in [0, 0.1) is 6.92 Å². The molecule has 0 spiro atoms. The summed E-state index contributed by atoms with van der Waals surface area (Å²) in [6.45, 7) is 6.10. The molecule has 0 bridgehead atoms. The molecule has 29 heavy (non-hydrogen) atoms. The van der Waals surface area contributed by atoms with E-state index >= 15 is 0 Å². The zero-order valence-electron chi connectivity index (χ0n) is 16.7. The minimum absolute atomic E-state index is 0.0739. The fourth-order valence-electron chi connectivity index (χ4n) is 3.96. The summed E-state index contributed by atoms with van der Waals surface area (Å²) < 4.78 is 8.31. The number of piperidine rings is 1. The maximum atomic E-state index is 13.1. The van der Waals surface area contributed by atoms with Gasteiger partial charge in [0.1, 0.15) is 11.6 Å².